The fourth-order valence-electron chi connectivity index (χ4n) is 2.10. The van der Waals surface area contributed by atoms with E-state index in [0.29, 0.717) is 16.4 Å². The predicted octanol–water partition coefficient (Wildman–Crippen LogP) is 3.88. The molecule has 1 heterocycles. The lowest BCUT2D eigenvalue weighted by atomic mass is 10.1. The Morgan fingerprint density at radius 1 is 1.22 bits per heavy atom. The molecule has 0 unspecified atom stereocenters. The normalized spacial score (nSPS) is 10.4. The molecule has 2 aromatic carbocycles. The second-order valence-electron chi connectivity index (χ2n) is 4.78. The fourth-order valence-corrected chi connectivity index (χ4v) is 2.67. The van der Waals surface area contributed by atoms with Crippen LogP contribution >= 0.6 is 11.3 Å². The highest BCUT2D eigenvalue weighted by atomic mass is 32.1. The van der Waals surface area contributed by atoms with Crippen LogP contribution in [-0.2, 0) is 6.61 Å². The van der Waals surface area contributed by atoms with Gasteiger partial charge in [0.1, 0.15) is 6.61 Å². The number of nitro groups is 1. The van der Waals surface area contributed by atoms with Crippen LogP contribution in [0.3, 0.4) is 0 Å². The van der Waals surface area contributed by atoms with E-state index >= 15 is 0 Å². The predicted molar refractivity (Wildman–Crippen MR) is 89.4 cm³/mol. The summed E-state index contributed by atoms with van der Waals surface area (Å²) in [4.78, 5) is 15.0. The number of aromatic nitrogens is 1. The molecule has 3 rings (SSSR count). The number of thiazole rings is 1. The number of anilines is 1. The Morgan fingerprint density at radius 2 is 2.00 bits per heavy atom. The van der Waals surface area contributed by atoms with E-state index in [4.69, 9.17) is 10.5 Å². The van der Waals surface area contributed by atoms with Crippen LogP contribution in [0.2, 0.25) is 0 Å². The zero-order chi connectivity index (χ0) is 16.2. The number of nitrogens with zero attached hydrogens (tertiary/aromatic N) is 2. The average molecular weight is 327 g/mol. The smallest absolute Gasteiger partial charge is 0.311 e. The first-order valence-corrected chi connectivity index (χ1v) is 7.68. The second kappa shape index (κ2) is 6.45. The van der Waals surface area contributed by atoms with Crippen molar-refractivity contribution in [3.63, 3.8) is 0 Å². The van der Waals surface area contributed by atoms with Crippen molar-refractivity contribution in [3.05, 3.63) is 69.6 Å². The van der Waals surface area contributed by atoms with Gasteiger partial charge in [0, 0.05) is 17.0 Å². The lowest BCUT2D eigenvalue weighted by Gasteiger charge is -2.08. The number of hydrogen-bond acceptors (Lipinski definition) is 6. The molecule has 0 aliphatic carbocycles. The molecule has 0 saturated carbocycles. The van der Waals surface area contributed by atoms with E-state index in [1.54, 1.807) is 17.5 Å². The molecule has 116 valence electrons. The summed E-state index contributed by atoms with van der Waals surface area (Å²) in [5, 5.41) is 13.5. The molecule has 0 radical (unpaired) electrons. The highest BCUT2D eigenvalue weighted by Gasteiger charge is 2.17. The van der Waals surface area contributed by atoms with Crippen molar-refractivity contribution < 1.29 is 9.66 Å². The molecule has 7 heteroatoms. The van der Waals surface area contributed by atoms with E-state index in [0.717, 1.165) is 5.56 Å². The van der Waals surface area contributed by atoms with Gasteiger partial charge in [-0.2, -0.15) is 0 Å². The summed E-state index contributed by atoms with van der Waals surface area (Å²) in [7, 11) is 0. The van der Waals surface area contributed by atoms with Gasteiger partial charge in [0.15, 0.2) is 10.9 Å². The number of benzene rings is 2. The summed E-state index contributed by atoms with van der Waals surface area (Å²) in [5.74, 6) is 0.228. The minimum atomic E-state index is -0.459. The molecule has 0 spiro atoms. The maximum Gasteiger partial charge on any atom is 0.311 e. The molecule has 23 heavy (non-hydrogen) atoms. The van der Waals surface area contributed by atoms with Gasteiger partial charge in [-0.3, -0.25) is 10.1 Å². The minimum absolute atomic E-state index is 0.0926. The SMILES string of the molecule is Nc1nc(-c2ccc(OCc3ccccc3)c([N+](=O)[O-])c2)cs1. The summed E-state index contributed by atoms with van der Waals surface area (Å²) in [6, 6.07) is 14.3. The Morgan fingerprint density at radius 3 is 2.65 bits per heavy atom. The van der Waals surface area contributed by atoms with Crippen molar-refractivity contribution in [2.24, 2.45) is 0 Å². The zero-order valence-electron chi connectivity index (χ0n) is 12.0. The van der Waals surface area contributed by atoms with Gasteiger partial charge in [-0.25, -0.2) is 4.98 Å². The van der Waals surface area contributed by atoms with Gasteiger partial charge in [0.05, 0.1) is 10.6 Å². The number of rotatable bonds is 5. The van der Waals surface area contributed by atoms with E-state index < -0.39 is 4.92 Å². The summed E-state index contributed by atoms with van der Waals surface area (Å²) in [6.07, 6.45) is 0. The highest BCUT2D eigenvalue weighted by molar-refractivity contribution is 7.13. The van der Waals surface area contributed by atoms with Crippen molar-refractivity contribution in [1.82, 2.24) is 4.98 Å². The molecule has 6 nitrogen and oxygen atoms in total. The first kappa shape index (κ1) is 15.0. The fraction of sp³-hybridized carbons (Fsp3) is 0.0625. The van der Waals surface area contributed by atoms with E-state index in [1.807, 2.05) is 30.3 Å². The monoisotopic (exact) mass is 327 g/mol. The maximum absolute atomic E-state index is 11.3. The van der Waals surface area contributed by atoms with Crippen molar-refractivity contribution in [2.75, 3.05) is 5.73 Å². The lowest BCUT2D eigenvalue weighted by molar-refractivity contribution is -0.385. The standard InChI is InChI=1S/C16H13N3O3S/c17-16-18-13(10-23-16)12-6-7-15(14(8-12)19(20)21)22-9-11-4-2-1-3-5-11/h1-8,10H,9H2,(H2,17,18). The number of hydrogen-bond donors (Lipinski definition) is 1. The van der Waals surface area contributed by atoms with Crippen LogP contribution in [0.4, 0.5) is 10.8 Å². The van der Waals surface area contributed by atoms with Crippen molar-refractivity contribution in [3.8, 4) is 17.0 Å². The Hall–Kier alpha value is -2.93. The third kappa shape index (κ3) is 3.46. The van der Waals surface area contributed by atoms with Crippen LogP contribution in [0.1, 0.15) is 5.56 Å². The summed E-state index contributed by atoms with van der Waals surface area (Å²) in [6.45, 7) is 0.269. The summed E-state index contributed by atoms with van der Waals surface area (Å²) in [5.41, 5.74) is 7.71. The first-order valence-electron chi connectivity index (χ1n) is 6.80. The molecule has 2 N–H and O–H groups in total. The molecule has 3 aromatic rings. The zero-order valence-corrected chi connectivity index (χ0v) is 12.8. The third-order valence-corrected chi connectivity index (χ3v) is 3.88. The minimum Gasteiger partial charge on any atom is -0.482 e. The molecule has 0 atom stereocenters. The number of nitrogen functional groups attached to an aromatic ring is 1. The molecule has 0 aliphatic heterocycles. The van der Waals surface area contributed by atoms with E-state index in [-0.39, 0.29) is 18.0 Å². The van der Waals surface area contributed by atoms with Crippen LogP contribution in [-0.4, -0.2) is 9.91 Å². The number of nitro benzene ring substituents is 1. The molecule has 0 saturated heterocycles. The van der Waals surface area contributed by atoms with E-state index in [1.165, 1.54) is 17.4 Å². The van der Waals surface area contributed by atoms with Crippen molar-refractivity contribution >= 4 is 22.2 Å². The van der Waals surface area contributed by atoms with Gasteiger partial charge in [-0.05, 0) is 17.7 Å². The molecular weight excluding hydrogens is 314 g/mol. The third-order valence-electron chi connectivity index (χ3n) is 3.21. The van der Waals surface area contributed by atoms with E-state index in [9.17, 15) is 10.1 Å². The van der Waals surface area contributed by atoms with Crippen LogP contribution in [0.25, 0.3) is 11.3 Å². The molecular formula is C16H13N3O3S. The number of nitrogens with two attached hydrogens (primary N) is 1. The highest BCUT2D eigenvalue weighted by Crippen LogP contribution is 2.33. The Kier molecular flexibility index (Phi) is 4.20. The Bertz CT molecular complexity index is 834. The quantitative estimate of drug-likeness (QED) is 0.567. The van der Waals surface area contributed by atoms with Gasteiger partial charge in [-0.15, -0.1) is 11.3 Å². The lowest BCUT2D eigenvalue weighted by Crippen LogP contribution is -1.99. The summed E-state index contributed by atoms with van der Waals surface area (Å²) >= 11 is 1.29. The van der Waals surface area contributed by atoms with Gasteiger partial charge in [-0.1, -0.05) is 30.3 Å². The average Bonchev–Trinajstić information content (AvgIpc) is 3.00. The van der Waals surface area contributed by atoms with Crippen LogP contribution < -0.4 is 10.5 Å². The Balaban J connectivity index is 1.87. The Labute approximate surface area is 136 Å². The van der Waals surface area contributed by atoms with Crippen LogP contribution in [0.5, 0.6) is 5.75 Å². The van der Waals surface area contributed by atoms with Gasteiger partial charge in [0.2, 0.25) is 0 Å². The largest absolute Gasteiger partial charge is 0.482 e. The topological polar surface area (TPSA) is 91.3 Å². The molecule has 0 amide bonds. The van der Waals surface area contributed by atoms with Crippen LogP contribution in [0, 0.1) is 10.1 Å². The van der Waals surface area contributed by atoms with Gasteiger partial charge >= 0.3 is 5.69 Å². The van der Waals surface area contributed by atoms with E-state index in [2.05, 4.69) is 4.98 Å². The van der Waals surface area contributed by atoms with Gasteiger partial charge in [0.25, 0.3) is 0 Å². The number of ether oxygens (including phenoxy) is 1. The second-order valence-corrected chi connectivity index (χ2v) is 5.67. The first-order chi connectivity index (χ1) is 11.1. The van der Waals surface area contributed by atoms with Gasteiger partial charge < -0.3 is 10.5 Å². The molecule has 0 aliphatic rings. The molecule has 1 aromatic heterocycles. The molecule has 0 bridgehead atoms. The molecule has 0 fully saturated rings. The van der Waals surface area contributed by atoms with Crippen molar-refractivity contribution in [2.45, 2.75) is 6.61 Å². The van der Waals surface area contributed by atoms with Crippen LogP contribution in [0.15, 0.2) is 53.9 Å². The summed E-state index contributed by atoms with van der Waals surface area (Å²) < 4.78 is 5.60. The van der Waals surface area contributed by atoms with Crippen molar-refractivity contribution in [1.29, 1.82) is 0 Å². The maximum atomic E-state index is 11.3.